The van der Waals surface area contributed by atoms with Crippen LogP contribution in [0, 0.1) is 6.92 Å². The van der Waals surface area contributed by atoms with Gasteiger partial charge in [0.15, 0.2) is 0 Å². The third kappa shape index (κ3) is 2.40. The molecule has 0 atom stereocenters. The lowest BCUT2D eigenvalue weighted by Gasteiger charge is -2.11. The number of nitrogens with zero attached hydrogens (tertiary/aromatic N) is 1. The summed E-state index contributed by atoms with van der Waals surface area (Å²) in [4.78, 5) is 4.43. The van der Waals surface area contributed by atoms with Crippen molar-refractivity contribution in [1.29, 1.82) is 0 Å². The summed E-state index contributed by atoms with van der Waals surface area (Å²) in [5, 5.41) is 0.817. The van der Waals surface area contributed by atoms with Crippen LogP contribution in [0.5, 0.6) is 0 Å². The van der Waals surface area contributed by atoms with Crippen LogP contribution in [0.25, 0.3) is 10.6 Å². The van der Waals surface area contributed by atoms with Gasteiger partial charge in [0.05, 0.1) is 5.69 Å². The van der Waals surface area contributed by atoms with Crippen LogP contribution in [0.15, 0.2) is 30.3 Å². The zero-order valence-corrected chi connectivity index (χ0v) is 12.1. The third-order valence-corrected chi connectivity index (χ3v) is 6.26. The molecule has 1 aromatic carbocycles. The van der Waals surface area contributed by atoms with Crippen molar-refractivity contribution in [2.75, 3.05) is 14.2 Å². The molecule has 0 unspecified atom stereocenters. The summed E-state index contributed by atoms with van der Waals surface area (Å²) in [6.07, 6.45) is 0. The lowest BCUT2D eigenvalue weighted by molar-refractivity contribution is 0.288. The molecule has 18 heavy (non-hydrogen) atoms. The third-order valence-electron chi connectivity index (χ3n) is 2.52. The second-order valence-corrected chi connectivity index (χ2v) is 7.11. The molecule has 0 bridgehead atoms. The number of thiazole rings is 1. The van der Waals surface area contributed by atoms with Crippen molar-refractivity contribution in [3.05, 3.63) is 36.0 Å². The van der Waals surface area contributed by atoms with E-state index in [2.05, 4.69) is 4.98 Å². The van der Waals surface area contributed by atoms with E-state index < -0.39 is 7.60 Å². The molecular formula is C12H14NO3PS. The average molecular weight is 283 g/mol. The van der Waals surface area contributed by atoms with Crippen LogP contribution in [-0.4, -0.2) is 19.2 Å². The van der Waals surface area contributed by atoms with E-state index in [-0.39, 0.29) is 0 Å². The largest absolute Gasteiger partial charge is 0.372 e. The van der Waals surface area contributed by atoms with Gasteiger partial charge in [0, 0.05) is 19.8 Å². The molecule has 1 heterocycles. The molecular weight excluding hydrogens is 269 g/mol. The van der Waals surface area contributed by atoms with Crippen molar-refractivity contribution in [3.63, 3.8) is 0 Å². The number of hydrogen-bond donors (Lipinski definition) is 0. The summed E-state index contributed by atoms with van der Waals surface area (Å²) in [7, 11) is -0.454. The summed E-state index contributed by atoms with van der Waals surface area (Å²) in [6.45, 7) is 1.81. The summed E-state index contributed by atoms with van der Waals surface area (Å²) >= 11 is 1.34. The Hall–Kier alpha value is -1.00. The van der Waals surface area contributed by atoms with Crippen LogP contribution >= 0.6 is 18.9 Å². The highest BCUT2D eigenvalue weighted by atomic mass is 32.1. The summed E-state index contributed by atoms with van der Waals surface area (Å²) < 4.78 is 22.9. The highest BCUT2D eigenvalue weighted by Crippen LogP contribution is 2.48. The molecule has 2 rings (SSSR count). The molecule has 0 aliphatic heterocycles. The van der Waals surface area contributed by atoms with Crippen molar-refractivity contribution in [1.82, 2.24) is 4.98 Å². The van der Waals surface area contributed by atoms with Crippen LogP contribution in [-0.2, 0) is 13.6 Å². The maximum Gasteiger partial charge on any atom is 0.372 e. The van der Waals surface area contributed by atoms with Crippen LogP contribution in [0.1, 0.15) is 5.69 Å². The molecule has 0 spiro atoms. The lowest BCUT2D eigenvalue weighted by Crippen LogP contribution is -2.06. The molecule has 0 aliphatic rings. The fourth-order valence-electron chi connectivity index (χ4n) is 1.59. The maximum absolute atomic E-state index is 12.3. The number of aromatic nitrogens is 1. The standard InChI is InChI=1S/C12H14NO3PS/c1-9-12(17(14,15-2)16-3)18-11(13-9)10-7-5-4-6-8-10/h4-8H,1-3H3. The van der Waals surface area contributed by atoms with Crippen molar-refractivity contribution in [3.8, 4) is 10.6 Å². The van der Waals surface area contributed by atoms with E-state index >= 15 is 0 Å². The van der Waals surface area contributed by atoms with E-state index in [1.807, 2.05) is 37.3 Å². The quantitative estimate of drug-likeness (QED) is 0.808. The number of rotatable bonds is 4. The van der Waals surface area contributed by atoms with E-state index in [9.17, 15) is 4.57 Å². The maximum atomic E-state index is 12.3. The highest BCUT2D eigenvalue weighted by molar-refractivity contribution is 7.69. The second kappa shape index (κ2) is 5.33. The van der Waals surface area contributed by atoms with Gasteiger partial charge in [-0.3, -0.25) is 4.57 Å². The van der Waals surface area contributed by atoms with Gasteiger partial charge in [0.25, 0.3) is 0 Å². The molecule has 0 fully saturated rings. The second-order valence-electron chi connectivity index (χ2n) is 3.64. The highest BCUT2D eigenvalue weighted by Gasteiger charge is 2.30. The summed E-state index contributed by atoms with van der Waals surface area (Å²) in [5.74, 6) is 0. The van der Waals surface area contributed by atoms with Gasteiger partial charge in [-0.2, -0.15) is 0 Å². The summed E-state index contributed by atoms with van der Waals surface area (Å²) in [6, 6.07) is 9.76. The molecule has 0 saturated heterocycles. The minimum absolute atomic E-state index is 0.561. The zero-order chi connectivity index (χ0) is 13.2. The molecule has 0 saturated carbocycles. The van der Waals surface area contributed by atoms with Crippen LogP contribution < -0.4 is 4.62 Å². The molecule has 0 radical (unpaired) electrons. The number of benzene rings is 1. The molecule has 0 aliphatic carbocycles. The number of aryl methyl sites for hydroxylation is 1. The van der Waals surface area contributed by atoms with Gasteiger partial charge in [0.2, 0.25) is 0 Å². The molecule has 1 aromatic heterocycles. The predicted molar refractivity (Wildman–Crippen MR) is 73.5 cm³/mol. The molecule has 4 nitrogen and oxygen atoms in total. The Morgan fingerprint density at radius 2 is 1.78 bits per heavy atom. The normalized spacial score (nSPS) is 11.7. The Labute approximate surface area is 110 Å². The first-order valence-corrected chi connectivity index (χ1v) is 7.71. The van der Waals surface area contributed by atoms with E-state index in [1.165, 1.54) is 25.6 Å². The van der Waals surface area contributed by atoms with E-state index in [4.69, 9.17) is 9.05 Å². The Bertz CT molecular complexity index is 574. The van der Waals surface area contributed by atoms with Crippen molar-refractivity contribution < 1.29 is 13.6 Å². The topological polar surface area (TPSA) is 48.4 Å². The minimum atomic E-state index is -3.21. The van der Waals surface area contributed by atoms with Crippen LogP contribution in [0.2, 0.25) is 0 Å². The van der Waals surface area contributed by atoms with Gasteiger partial charge in [0.1, 0.15) is 9.63 Å². The van der Waals surface area contributed by atoms with Gasteiger partial charge in [-0.05, 0) is 6.92 Å². The molecule has 0 N–H and O–H groups in total. The Kier molecular flexibility index (Phi) is 3.97. The summed E-state index contributed by atoms with van der Waals surface area (Å²) in [5.41, 5.74) is 1.68. The smallest absolute Gasteiger partial charge is 0.308 e. The van der Waals surface area contributed by atoms with E-state index in [0.29, 0.717) is 10.3 Å². The average Bonchev–Trinajstić information content (AvgIpc) is 2.81. The van der Waals surface area contributed by atoms with Crippen molar-refractivity contribution >= 4 is 23.6 Å². The molecule has 6 heteroatoms. The van der Waals surface area contributed by atoms with Gasteiger partial charge in [-0.25, -0.2) is 4.98 Å². The monoisotopic (exact) mass is 283 g/mol. The number of hydrogen-bond acceptors (Lipinski definition) is 5. The fourth-order valence-corrected chi connectivity index (χ4v) is 4.48. The zero-order valence-electron chi connectivity index (χ0n) is 10.4. The Morgan fingerprint density at radius 3 is 2.33 bits per heavy atom. The van der Waals surface area contributed by atoms with Crippen molar-refractivity contribution in [2.24, 2.45) is 0 Å². The van der Waals surface area contributed by atoms with Gasteiger partial charge < -0.3 is 9.05 Å². The van der Waals surface area contributed by atoms with Crippen LogP contribution in [0.4, 0.5) is 0 Å². The van der Waals surface area contributed by atoms with E-state index in [0.717, 1.165) is 10.6 Å². The van der Waals surface area contributed by atoms with Crippen molar-refractivity contribution in [2.45, 2.75) is 6.92 Å². The molecule has 0 amide bonds. The minimum Gasteiger partial charge on any atom is -0.308 e. The Balaban J connectivity index is 2.48. The fraction of sp³-hybridized carbons (Fsp3) is 0.250. The SMILES string of the molecule is COP(=O)(OC)c1sc(-c2ccccc2)nc1C. The van der Waals surface area contributed by atoms with Gasteiger partial charge >= 0.3 is 7.60 Å². The van der Waals surface area contributed by atoms with Crippen LogP contribution in [0.3, 0.4) is 0 Å². The molecule has 96 valence electrons. The predicted octanol–water partition coefficient (Wildman–Crippen LogP) is 3.23. The first kappa shape index (κ1) is 13.4. The lowest BCUT2D eigenvalue weighted by atomic mass is 10.2. The first-order chi connectivity index (χ1) is 8.60. The Morgan fingerprint density at radius 1 is 1.17 bits per heavy atom. The molecule has 2 aromatic rings. The van der Waals surface area contributed by atoms with Gasteiger partial charge in [-0.1, -0.05) is 30.3 Å². The van der Waals surface area contributed by atoms with E-state index in [1.54, 1.807) is 0 Å². The van der Waals surface area contributed by atoms with Gasteiger partial charge in [-0.15, -0.1) is 11.3 Å². The first-order valence-electron chi connectivity index (χ1n) is 5.35.